The van der Waals surface area contributed by atoms with Crippen molar-refractivity contribution in [3.63, 3.8) is 0 Å². The van der Waals surface area contributed by atoms with Gasteiger partial charge < -0.3 is 10.2 Å². The Morgan fingerprint density at radius 1 is 1.27 bits per heavy atom. The predicted octanol–water partition coefficient (Wildman–Crippen LogP) is 4.07. The molecule has 1 aliphatic rings. The number of halogens is 1. The van der Waals surface area contributed by atoms with Crippen LogP contribution in [0.3, 0.4) is 0 Å². The summed E-state index contributed by atoms with van der Waals surface area (Å²) in [5, 5.41) is 7.94. The van der Waals surface area contributed by atoms with Gasteiger partial charge in [0.05, 0.1) is 18.3 Å². The number of benzene rings is 1. The third kappa shape index (κ3) is 5.34. The fourth-order valence-electron chi connectivity index (χ4n) is 4.21. The maximum Gasteiger partial charge on any atom is 0.239 e. The summed E-state index contributed by atoms with van der Waals surface area (Å²) in [7, 11) is 5.72. The van der Waals surface area contributed by atoms with E-state index >= 15 is 0 Å². The first-order valence-corrected chi connectivity index (χ1v) is 11.5. The van der Waals surface area contributed by atoms with E-state index in [0.717, 1.165) is 48.3 Å². The number of hydrogen-bond acceptors (Lipinski definition) is 6. The van der Waals surface area contributed by atoms with Gasteiger partial charge in [-0.25, -0.2) is 9.97 Å². The molecular formula is C24H30ClN7O. The lowest BCUT2D eigenvalue weighted by Gasteiger charge is -2.35. The Kier molecular flexibility index (Phi) is 6.95. The summed E-state index contributed by atoms with van der Waals surface area (Å²) < 4.78 is 1.75. The number of amides is 1. The molecule has 3 heterocycles. The number of aryl methyl sites for hydroxylation is 2. The summed E-state index contributed by atoms with van der Waals surface area (Å²) in [6, 6.07) is 9.62. The van der Waals surface area contributed by atoms with Crippen LogP contribution in [-0.4, -0.2) is 57.7 Å². The van der Waals surface area contributed by atoms with Crippen molar-refractivity contribution in [1.82, 2.24) is 24.6 Å². The third-order valence-electron chi connectivity index (χ3n) is 6.00. The van der Waals surface area contributed by atoms with Gasteiger partial charge in [-0.15, -0.1) is 0 Å². The van der Waals surface area contributed by atoms with E-state index in [2.05, 4.69) is 20.3 Å². The van der Waals surface area contributed by atoms with Crippen LogP contribution in [0.25, 0.3) is 11.1 Å². The molecule has 1 saturated heterocycles. The molecule has 3 aromatic rings. The van der Waals surface area contributed by atoms with Crippen molar-refractivity contribution in [2.75, 3.05) is 37.4 Å². The maximum absolute atomic E-state index is 12.9. The molecule has 0 radical (unpaired) electrons. The standard InChI is InChI=1S/C24H30ClN7O/c1-16-12-21(29-31(16)4)27-22(33)15-32-11-6-5-10-20(32)23-19(14-26-24(28-23)30(2)3)17-8-7-9-18(25)13-17/h7-9,12-14,20H,5-6,10-11,15H2,1-4H3,(H,27,29,33)/t20-/m1/s1. The topological polar surface area (TPSA) is 79.2 Å². The van der Waals surface area contributed by atoms with Gasteiger partial charge in [-0.2, -0.15) is 5.10 Å². The molecule has 33 heavy (non-hydrogen) atoms. The van der Waals surface area contributed by atoms with Gasteiger partial charge in [0.2, 0.25) is 11.9 Å². The average molecular weight is 468 g/mol. The lowest BCUT2D eigenvalue weighted by Crippen LogP contribution is -2.40. The van der Waals surface area contributed by atoms with E-state index in [0.29, 0.717) is 16.8 Å². The summed E-state index contributed by atoms with van der Waals surface area (Å²) in [4.78, 5) is 26.5. The molecule has 1 amide bonds. The molecule has 174 valence electrons. The maximum atomic E-state index is 12.9. The van der Waals surface area contributed by atoms with Crippen molar-refractivity contribution in [2.24, 2.45) is 7.05 Å². The van der Waals surface area contributed by atoms with Crippen molar-refractivity contribution in [1.29, 1.82) is 0 Å². The molecule has 9 heteroatoms. The van der Waals surface area contributed by atoms with Crippen molar-refractivity contribution in [2.45, 2.75) is 32.2 Å². The molecule has 1 aliphatic heterocycles. The van der Waals surface area contributed by atoms with Crippen molar-refractivity contribution in [3.05, 3.63) is 52.9 Å². The zero-order chi connectivity index (χ0) is 23.5. The Morgan fingerprint density at radius 3 is 2.79 bits per heavy atom. The number of anilines is 2. The van der Waals surface area contributed by atoms with E-state index < -0.39 is 0 Å². The fourth-order valence-corrected chi connectivity index (χ4v) is 4.40. The minimum Gasteiger partial charge on any atom is -0.347 e. The molecule has 0 spiro atoms. The third-order valence-corrected chi connectivity index (χ3v) is 6.23. The first kappa shape index (κ1) is 23.2. The number of nitrogens with zero attached hydrogens (tertiary/aromatic N) is 6. The highest BCUT2D eigenvalue weighted by molar-refractivity contribution is 6.30. The lowest BCUT2D eigenvalue weighted by molar-refractivity contribution is -0.118. The summed E-state index contributed by atoms with van der Waals surface area (Å²) in [6.07, 6.45) is 4.92. The summed E-state index contributed by atoms with van der Waals surface area (Å²) >= 11 is 6.28. The van der Waals surface area contributed by atoms with Gasteiger partial charge in [0.15, 0.2) is 5.82 Å². The number of rotatable bonds is 6. The molecule has 0 saturated carbocycles. The van der Waals surface area contributed by atoms with E-state index in [1.165, 1.54) is 0 Å². The highest BCUT2D eigenvalue weighted by Crippen LogP contribution is 2.36. The molecule has 0 bridgehead atoms. The van der Waals surface area contributed by atoms with Gasteiger partial charge in [-0.1, -0.05) is 30.2 Å². The highest BCUT2D eigenvalue weighted by Gasteiger charge is 2.30. The van der Waals surface area contributed by atoms with Crippen LogP contribution >= 0.6 is 11.6 Å². The van der Waals surface area contributed by atoms with Crippen LogP contribution in [0.5, 0.6) is 0 Å². The van der Waals surface area contributed by atoms with Crippen molar-refractivity contribution < 1.29 is 4.79 Å². The largest absolute Gasteiger partial charge is 0.347 e. The first-order valence-electron chi connectivity index (χ1n) is 11.2. The van der Waals surface area contributed by atoms with Crippen LogP contribution in [0, 0.1) is 6.92 Å². The molecule has 1 fully saturated rings. The number of carbonyl (C=O) groups is 1. The Bertz CT molecular complexity index is 1120. The summed E-state index contributed by atoms with van der Waals surface area (Å²) in [5.41, 5.74) is 3.84. The molecule has 1 aromatic carbocycles. The Hall–Kier alpha value is -2.97. The van der Waals surface area contributed by atoms with Crippen LogP contribution < -0.4 is 10.2 Å². The van der Waals surface area contributed by atoms with Gasteiger partial charge in [0, 0.05) is 49.7 Å². The number of piperidine rings is 1. The Balaban J connectivity index is 1.64. The minimum absolute atomic E-state index is 0.00523. The zero-order valence-corrected chi connectivity index (χ0v) is 20.3. The van der Waals surface area contributed by atoms with E-state index in [1.807, 2.05) is 69.5 Å². The number of nitrogens with one attached hydrogen (secondary N) is 1. The molecule has 1 N–H and O–H groups in total. The van der Waals surface area contributed by atoms with Crippen LogP contribution in [-0.2, 0) is 11.8 Å². The minimum atomic E-state index is -0.0776. The van der Waals surface area contributed by atoms with Gasteiger partial charge in [-0.05, 0) is 44.0 Å². The van der Waals surface area contributed by atoms with Crippen LogP contribution in [0.4, 0.5) is 11.8 Å². The molecule has 8 nitrogen and oxygen atoms in total. The van der Waals surface area contributed by atoms with Gasteiger partial charge >= 0.3 is 0 Å². The molecule has 4 rings (SSSR count). The molecule has 2 aromatic heterocycles. The molecule has 0 unspecified atom stereocenters. The van der Waals surface area contributed by atoms with Crippen LogP contribution in [0.15, 0.2) is 36.5 Å². The highest BCUT2D eigenvalue weighted by atomic mass is 35.5. The van der Waals surface area contributed by atoms with Crippen LogP contribution in [0.2, 0.25) is 5.02 Å². The molecular weight excluding hydrogens is 438 g/mol. The normalized spacial score (nSPS) is 16.6. The Labute approximate surface area is 199 Å². The SMILES string of the molecule is Cc1cc(NC(=O)CN2CCCC[C@@H]2c2nc(N(C)C)ncc2-c2cccc(Cl)c2)nn1C. The average Bonchev–Trinajstić information content (AvgIpc) is 3.10. The zero-order valence-electron chi connectivity index (χ0n) is 19.5. The van der Waals surface area contributed by atoms with Crippen molar-refractivity contribution in [3.8, 4) is 11.1 Å². The molecule has 1 atom stereocenters. The number of likely N-dealkylation sites (tertiary alicyclic amines) is 1. The summed E-state index contributed by atoms with van der Waals surface area (Å²) in [5.74, 6) is 1.14. The Morgan fingerprint density at radius 2 is 2.09 bits per heavy atom. The lowest BCUT2D eigenvalue weighted by atomic mass is 9.94. The van der Waals surface area contributed by atoms with Crippen LogP contribution in [0.1, 0.15) is 36.7 Å². The second-order valence-corrected chi connectivity index (χ2v) is 9.13. The van der Waals surface area contributed by atoms with Gasteiger partial charge in [0.25, 0.3) is 0 Å². The van der Waals surface area contributed by atoms with E-state index in [-0.39, 0.29) is 18.5 Å². The number of carbonyl (C=O) groups excluding carboxylic acids is 1. The smallest absolute Gasteiger partial charge is 0.239 e. The number of hydrogen-bond donors (Lipinski definition) is 1. The summed E-state index contributed by atoms with van der Waals surface area (Å²) in [6.45, 7) is 3.06. The molecule has 0 aliphatic carbocycles. The van der Waals surface area contributed by atoms with Crippen molar-refractivity contribution >= 4 is 29.3 Å². The predicted molar refractivity (Wildman–Crippen MR) is 132 cm³/mol. The fraction of sp³-hybridized carbons (Fsp3) is 0.417. The second-order valence-electron chi connectivity index (χ2n) is 8.70. The van der Waals surface area contributed by atoms with E-state index in [4.69, 9.17) is 16.6 Å². The van der Waals surface area contributed by atoms with E-state index in [1.54, 1.807) is 4.68 Å². The van der Waals surface area contributed by atoms with Gasteiger partial charge in [0.1, 0.15) is 0 Å². The van der Waals surface area contributed by atoms with Gasteiger partial charge in [-0.3, -0.25) is 14.4 Å². The monoisotopic (exact) mass is 467 g/mol. The first-order chi connectivity index (χ1) is 15.8. The second kappa shape index (κ2) is 9.89. The number of aromatic nitrogens is 4. The quantitative estimate of drug-likeness (QED) is 0.588. The van der Waals surface area contributed by atoms with E-state index in [9.17, 15) is 4.79 Å².